The van der Waals surface area contributed by atoms with Gasteiger partial charge in [0.15, 0.2) is 0 Å². The van der Waals surface area contributed by atoms with Crippen LogP contribution < -0.4 is 20.9 Å². The van der Waals surface area contributed by atoms with E-state index in [-0.39, 0.29) is 20.6 Å². The van der Waals surface area contributed by atoms with E-state index >= 15 is 0 Å². The fraction of sp³-hybridized carbons (Fsp3) is 0.452. The lowest BCUT2D eigenvalue weighted by Gasteiger charge is -2.34. The molecule has 11 nitrogen and oxygen atoms in total. The summed E-state index contributed by atoms with van der Waals surface area (Å²) in [6, 6.07) is 10.5. The number of anilines is 3. The van der Waals surface area contributed by atoms with E-state index < -0.39 is 18.1 Å². The van der Waals surface area contributed by atoms with Gasteiger partial charge in [0.05, 0.1) is 0 Å². The van der Waals surface area contributed by atoms with Crippen LogP contribution in [0.1, 0.15) is 60.8 Å². The fourth-order valence-corrected chi connectivity index (χ4v) is 5.79. The molecule has 1 aromatic carbocycles. The van der Waals surface area contributed by atoms with Gasteiger partial charge in [0, 0.05) is 53.4 Å². The van der Waals surface area contributed by atoms with E-state index in [4.69, 9.17) is 14.7 Å². The van der Waals surface area contributed by atoms with Gasteiger partial charge in [0.1, 0.15) is 35.9 Å². The topological polar surface area (TPSA) is 142 Å². The van der Waals surface area contributed by atoms with Crippen LogP contribution in [0.4, 0.5) is 22.2 Å². The average molecular weight is 655 g/mol. The number of fused-ring (bicyclic) bond motifs is 1. The summed E-state index contributed by atoms with van der Waals surface area (Å²) < 4.78 is 6.04. The van der Waals surface area contributed by atoms with Crippen molar-refractivity contribution in [3.8, 4) is 0 Å². The molecule has 0 bridgehead atoms. The van der Waals surface area contributed by atoms with Crippen LogP contribution in [0.5, 0.6) is 0 Å². The van der Waals surface area contributed by atoms with E-state index in [2.05, 4.69) is 53.9 Å². The van der Waals surface area contributed by atoms with Gasteiger partial charge in [-0.1, -0.05) is 47.6 Å². The molecule has 12 heteroatoms. The van der Waals surface area contributed by atoms with Crippen molar-refractivity contribution in [3.63, 3.8) is 0 Å². The Balaban J connectivity index is 0.00000423. The van der Waals surface area contributed by atoms with Crippen molar-refractivity contribution in [2.75, 3.05) is 41.7 Å². The third-order valence-electron chi connectivity index (χ3n) is 7.74. The van der Waals surface area contributed by atoms with E-state index in [0.717, 1.165) is 78.2 Å². The van der Waals surface area contributed by atoms with E-state index in [9.17, 15) is 14.7 Å². The fourth-order valence-electron chi connectivity index (χ4n) is 5.39. The molecule has 1 amide bonds. The number of nitrogens with zero attached hydrogens (tertiary/aromatic N) is 4. The first kappa shape index (κ1) is 32.0. The summed E-state index contributed by atoms with van der Waals surface area (Å²) in [4.78, 5) is 40.7. The Bertz CT molecular complexity index is 1450. The van der Waals surface area contributed by atoms with Crippen LogP contribution in [0.2, 0.25) is 0 Å². The number of nitrogens with one attached hydrogen (secondary N) is 3. The molecule has 0 unspecified atom stereocenters. The molecular weight excluding hydrogens is 614 g/mol. The number of aryl methyl sites for hydroxylation is 2. The number of halogens is 1. The van der Waals surface area contributed by atoms with Crippen molar-refractivity contribution in [1.82, 2.24) is 20.3 Å². The smallest absolute Gasteiger partial charge is 0.408 e. The van der Waals surface area contributed by atoms with Gasteiger partial charge in [-0.05, 0) is 57.2 Å². The number of pyridine rings is 1. The van der Waals surface area contributed by atoms with Gasteiger partial charge in [0.2, 0.25) is 0 Å². The van der Waals surface area contributed by atoms with E-state index in [0.29, 0.717) is 17.6 Å². The second-order valence-electron chi connectivity index (χ2n) is 10.7. The molecule has 1 saturated heterocycles. The molecule has 0 aliphatic carbocycles. The molecule has 0 radical (unpaired) electrons. The monoisotopic (exact) mass is 653 g/mol. The summed E-state index contributed by atoms with van der Waals surface area (Å²) in [7, 11) is 0. The lowest BCUT2D eigenvalue weighted by atomic mass is 9.92. The number of alkyl carbamates (subject to hydrolysis) is 1. The Morgan fingerprint density at radius 2 is 1.91 bits per heavy atom. The Labute approximate surface area is 261 Å². The maximum atomic E-state index is 12.4. The molecule has 230 valence electrons. The van der Waals surface area contributed by atoms with E-state index in [1.165, 1.54) is 5.56 Å². The average Bonchev–Trinajstić information content (AvgIpc) is 3.00. The summed E-state index contributed by atoms with van der Waals surface area (Å²) in [6.07, 6.45) is 3.33. The number of aliphatic carboxylic acids is 1. The van der Waals surface area contributed by atoms with Crippen LogP contribution in [-0.4, -0.2) is 64.3 Å². The van der Waals surface area contributed by atoms with Crippen molar-refractivity contribution in [2.45, 2.75) is 65.5 Å². The zero-order valence-electron chi connectivity index (χ0n) is 23.8. The van der Waals surface area contributed by atoms with Crippen molar-refractivity contribution < 1.29 is 19.4 Å². The number of ether oxygens (including phenoxy) is 1. The summed E-state index contributed by atoms with van der Waals surface area (Å²) in [5.41, 5.74) is 4.04. The highest BCUT2D eigenvalue weighted by Gasteiger charge is 2.27. The lowest BCUT2D eigenvalue weighted by molar-refractivity contribution is -0.139. The highest BCUT2D eigenvalue weighted by molar-refractivity contribution is 9.10. The molecule has 3 aromatic rings. The predicted octanol–water partition coefficient (Wildman–Crippen LogP) is 5.42. The molecule has 43 heavy (non-hydrogen) atoms. The molecule has 2 aromatic heterocycles. The number of carboxylic acid groups (broad SMARTS) is 1. The lowest BCUT2D eigenvalue weighted by Crippen LogP contribution is -2.45. The first-order valence-electron chi connectivity index (χ1n) is 14.3. The van der Waals surface area contributed by atoms with Crippen LogP contribution in [0, 0.1) is 13.8 Å². The Morgan fingerprint density at radius 3 is 2.65 bits per heavy atom. The Morgan fingerprint density at radius 1 is 1.14 bits per heavy atom. The van der Waals surface area contributed by atoms with Gasteiger partial charge in [-0.15, -0.1) is 0 Å². The minimum Gasteiger partial charge on any atom is -0.480 e. The third kappa shape index (κ3) is 7.92. The van der Waals surface area contributed by atoms with E-state index in [1.807, 2.05) is 38.1 Å². The molecule has 0 saturated carbocycles. The second-order valence-corrected chi connectivity index (χ2v) is 11.5. The minimum atomic E-state index is -1.22. The second kappa shape index (κ2) is 14.5. The van der Waals surface area contributed by atoms with Crippen LogP contribution in [0.25, 0.3) is 0 Å². The van der Waals surface area contributed by atoms with Crippen LogP contribution in [-0.2, 0) is 22.6 Å². The summed E-state index contributed by atoms with van der Waals surface area (Å²) in [6.45, 7) is 6.32. The van der Waals surface area contributed by atoms with Gasteiger partial charge >= 0.3 is 12.1 Å². The molecule has 1 atom stereocenters. The number of carbonyl (C=O) groups is 2. The number of carbonyl (C=O) groups excluding carboxylic acids is 1. The van der Waals surface area contributed by atoms with Crippen LogP contribution >= 0.6 is 15.9 Å². The standard InChI is InChI=1S/C30H36BrN7O4.CH4/c1-18-26(33-16-25(29(39)40)37-30(41)42-17-22-6-3-4-8-23(22)31)34-19(2)35-28(18)38-14-11-20(12-15-38)24-10-9-21-7-5-13-32-27(21)36-24;/h3-4,6,8-10,20,25H,5,7,11-17H2,1-2H3,(H,32,36)(H,37,41)(H,39,40)(H,33,34,35);1H4/t25-;/m0./s1. The van der Waals surface area contributed by atoms with Crippen LogP contribution in [0.15, 0.2) is 40.9 Å². The molecule has 4 heterocycles. The number of piperidine rings is 1. The number of amides is 1. The maximum absolute atomic E-state index is 12.4. The number of carboxylic acids is 1. The molecule has 1 fully saturated rings. The zero-order valence-corrected chi connectivity index (χ0v) is 25.4. The van der Waals surface area contributed by atoms with Gasteiger partial charge < -0.3 is 30.7 Å². The first-order valence-corrected chi connectivity index (χ1v) is 15.0. The van der Waals surface area contributed by atoms with Gasteiger partial charge in [-0.25, -0.2) is 24.5 Å². The number of hydrogen-bond acceptors (Lipinski definition) is 9. The largest absolute Gasteiger partial charge is 0.480 e. The zero-order chi connectivity index (χ0) is 29.6. The molecule has 5 rings (SSSR count). The van der Waals surface area contributed by atoms with Crippen molar-refractivity contribution >= 4 is 45.4 Å². The van der Waals surface area contributed by atoms with Crippen LogP contribution in [0.3, 0.4) is 0 Å². The number of aromatic nitrogens is 3. The highest BCUT2D eigenvalue weighted by atomic mass is 79.9. The van der Waals surface area contributed by atoms with Gasteiger partial charge in [-0.3, -0.25) is 0 Å². The van der Waals surface area contributed by atoms with Crippen molar-refractivity contribution in [2.24, 2.45) is 0 Å². The van der Waals surface area contributed by atoms with Crippen molar-refractivity contribution in [1.29, 1.82) is 0 Å². The SMILES string of the molecule is C.Cc1nc(NC[C@H](NC(=O)OCc2ccccc2Br)C(=O)O)c(C)c(N2CCC(c3ccc4c(n3)NCCC4)CC2)n1. The molecule has 2 aliphatic rings. The Hall–Kier alpha value is -3.93. The summed E-state index contributed by atoms with van der Waals surface area (Å²) >= 11 is 3.41. The highest BCUT2D eigenvalue weighted by Crippen LogP contribution is 2.33. The molecule has 2 aliphatic heterocycles. The van der Waals surface area contributed by atoms with Gasteiger partial charge in [0.25, 0.3) is 0 Å². The Kier molecular flexibility index (Phi) is 10.8. The third-order valence-corrected chi connectivity index (χ3v) is 8.51. The van der Waals surface area contributed by atoms with E-state index in [1.54, 1.807) is 0 Å². The number of hydrogen-bond donors (Lipinski definition) is 4. The maximum Gasteiger partial charge on any atom is 0.408 e. The predicted molar refractivity (Wildman–Crippen MR) is 171 cm³/mol. The molecule has 0 spiro atoms. The molecule has 4 N–H and O–H groups in total. The van der Waals surface area contributed by atoms with Crippen molar-refractivity contribution in [3.05, 3.63) is 69.1 Å². The first-order chi connectivity index (χ1) is 20.3. The number of rotatable bonds is 9. The summed E-state index contributed by atoms with van der Waals surface area (Å²) in [5.74, 6) is 2.19. The quantitative estimate of drug-likeness (QED) is 0.236. The normalized spacial score (nSPS) is 15.4. The minimum absolute atomic E-state index is 0. The molecular formula is C31H40BrN7O4. The summed E-state index contributed by atoms with van der Waals surface area (Å²) in [5, 5.41) is 18.7. The number of benzene rings is 1. The van der Waals surface area contributed by atoms with Gasteiger partial charge in [-0.2, -0.15) is 0 Å².